The highest BCUT2D eigenvalue weighted by atomic mass is 19.1. The van der Waals surface area contributed by atoms with E-state index in [-0.39, 0.29) is 30.1 Å². The molecule has 1 aliphatic carbocycles. The van der Waals surface area contributed by atoms with Gasteiger partial charge < -0.3 is 15.0 Å². The second-order valence-corrected chi connectivity index (χ2v) is 10.2. The molecule has 0 bridgehead atoms. The van der Waals surface area contributed by atoms with Gasteiger partial charge in [0.2, 0.25) is 0 Å². The first-order valence-electron chi connectivity index (χ1n) is 12.8. The molecule has 1 N–H and O–H groups in total. The summed E-state index contributed by atoms with van der Waals surface area (Å²) in [5.41, 5.74) is 1.82. The number of aldehydes is 1. The molecule has 36 heavy (non-hydrogen) atoms. The fourth-order valence-corrected chi connectivity index (χ4v) is 5.95. The molecule has 2 aromatic rings. The number of hydrogen-bond donors (Lipinski definition) is 1. The zero-order valence-corrected chi connectivity index (χ0v) is 21.2. The second-order valence-electron chi connectivity index (χ2n) is 10.2. The first kappa shape index (κ1) is 25.7. The third-order valence-electron chi connectivity index (χ3n) is 7.27. The van der Waals surface area contributed by atoms with Crippen LogP contribution < -0.4 is 5.32 Å². The smallest absolute Gasteiger partial charge is 0.275 e. The number of amides is 2. The van der Waals surface area contributed by atoms with Crippen LogP contribution in [-0.4, -0.2) is 40.9 Å². The van der Waals surface area contributed by atoms with Crippen LogP contribution in [0.3, 0.4) is 0 Å². The van der Waals surface area contributed by atoms with E-state index in [1.54, 1.807) is 24.3 Å². The van der Waals surface area contributed by atoms with E-state index < -0.39 is 5.66 Å². The second kappa shape index (κ2) is 10.7. The van der Waals surface area contributed by atoms with Crippen molar-refractivity contribution >= 4 is 23.8 Å². The predicted molar refractivity (Wildman–Crippen MR) is 137 cm³/mol. The van der Waals surface area contributed by atoms with Crippen LogP contribution in [0.25, 0.3) is 0 Å². The van der Waals surface area contributed by atoms with Crippen LogP contribution in [0, 0.1) is 17.7 Å². The van der Waals surface area contributed by atoms with Crippen LogP contribution in [-0.2, 0) is 9.59 Å². The van der Waals surface area contributed by atoms with Crippen molar-refractivity contribution in [1.82, 2.24) is 10.2 Å². The molecule has 0 aromatic heterocycles. The molecule has 190 valence electrons. The lowest BCUT2D eigenvalue weighted by molar-refractivity contribution is -0.134. The summed E-state index contributed by atoms with van der Waals surface area (Å²) in [7, 11) is 0. The van der Waals surface area contributed by atoms with Crippen molar-refractivity contribution in [2.75, 3.05) is 6.54 Å². The topological polar surface area (TPSA) is 78.8 Å². The Bertz CT molecular complexity index is 1130. The highest BCUT2D eigenvalue weighted by Crippen LogP contribution is 2.48. The first-order valence-corrected chi connectivity index (χ1v) is 12.8. The van der Waals surface area contributed by atoms with Gasteiger partial charge in [-0.3, -0.25) is 14.6 Å². The van der Waals surface area contributed by atoms with Crippen LogP contribution in [0.4, 0.5) is 4.39 Å². The summed E-state index contributed by atoms with van der Waals surface area (Å²) in [4.78, 5) is 43.9. The van der Waals surface area contributed by atoms with E-state index in [9.17, 15) is 18.8 Å². The normalized spacial score (nSPS) is 24.5. The van der Waals surface area contributed by atoms with Crippen molar-refractivity contribution in [3.8, 4) is 0 Å². The fourth-order valence-electron chi connectivity index (χ4n) is 5.95. The molecule has 1 heterocycles. The maximum atomic E-state index is 14.0. The van der Waals surface area contributed by atoms with Gasteiger partial charge in [-0.2, -0.15) is 0 Å². The van der Waals surface area contributed by atoms with Crippen LogP contribution >= 0.6 is 0 Å². The predicted octanol–water partition coefficient (Wildman–Crippen LogP) is 5.08. The Morgan fingerprint density at radius 3 is 2.36 bits per heavy atom. The van der Waals surface area contributed by atoms with Crippen molar-refractivity contribution in [3.05, 3.63) is 71.0 Å². The van der Waals surface area contributed by atoms with Gasteiger partial charge >= 0.3 is 0 Å². The van der Waals surface area contributed by atoms with Gasteiger partial charge in [0, 0.05) is 24.1 Å². The standard InChI is InChI=1S/C29H34FN3O3/c1-4-25(21-6-8-23(9-7-21)27(35)31-14-5-15-34)33-28(36)26(22-10-12-24(30)13-11-22)32-29(33)17-19(2)16-20(3)18-29/h6-13,15,19-20,25H,4-5,14,16-18H2,1-3H3,(H,31,35). The molecule has 6 nitrogen and oxygen atoms in total. The Morgan fingerprint density at radius 2 is 1.78 bits per heavy atom. The van der Waals surface area contributed by atoms with E-state index >= 15 is 0 Å². The molecule has 3 unspecified atom stereocenters. The van der Waals surface area contributed by atoms with Crippen molar-refractivity contribution in [2.24, 2.45) is 16.8 Å². The van der Waals surface area contributed by atoms with Crippen molar-refractivity contribution in [2.45, 2.75) is 64.6 Å². The van der Waals surface area contributed by atoms with Crippen molar-refractivity contribution in [3.63, 3.8) is 0 Å². The van der Waals surface area contributed by atoms with Gasteiger partial charge in [0.15, 0.2) is 0 Å². The van der Waals surface area contributed by atoms with Gasteiger partial charge in [0.25, 0.3) is 11.8 Å². The molecule has 0 radical (unpaired) electrons. The zero-order chi connectivity index (χ0) is 25.9. The third-order valence-corrected chi connectivity index (χ3v) is 7.27. The van der Waals surface area contributed by atoms with Gasteiger partial charge in [0.05, 0.1) is 6.04 Å². The number of carbonyl (C=O) groups excluding carboxylic acids is 3. The van der Waals surface area contributed by atoms with E-state index in [1.165, 1.54) is 12.1 Å². The molecule has 7 heteroatoms. The quantitative estimate of drug-likeness (QED) is 0.413. The fraction of sp³-hybridized carbons (Fsp3) is 0.448. The molecule has 1 saturated carbocycles. The first-order chi connectivity index (χ1) is 17.3. The molecule has 4 rings (SSSR count). The summed E-state index contributed by atoms with van der Waals surface area (Å²) in [5.74, 6) is 0.107. The maximum absolute atomic E-state index is 14.0. The Kier molecular flexibility index (Phi) is 7.67. The number of halogens is 1. The third kappa shape index (κ3) is 5.11. The number of benzene rings is 2. The molecular formula is C29H34FN3O3. The SMILES string of the molecule is CCC(c1ccc(C(=O)NCCC=O)cc1)N1C(=O)C(c2ccc(F)cc2)=NC12CC(C)CC(C)C2. The molecule has 1 aliphatic heterocycles. The monoisotopic (exact) mass is 491 g/mol. The molecule has 3 atom stereocenters. The van der Waals surface area contributed by atoms with Gasteiger partial charge in [-0.05, 0) is 79.5 Å². The number of carbonyl (C=O) groups is 3. The van der Waals surface area contributed by atoms with Crippen LogP contribution in [0.1, 0.15) is 80.4 Å². The average Bonchev–Trinajstić information content (AvgIpc) is 3.11. The summed E-state index contributed by atoms with van der Waals surface area (Å²) in [6.07, 6.45) is 4.38. The molecule has 0 saturated heterocycles. The largest absolute Gasteiger partial charge is 0.352 e. The van der Waals surface area contributed by atoms with Crippen molar-refractivity contribution in [1.29, 1.82) is 0 Å². The molecule has 1 spiro atoms. The van der Waals surface area contributed by atoms with Crippen LogP contribution in [0.15, 0.2) is 53.5 Å². The number of nitrogens with zero attached hydrogens (tertiary/aromatic N) is 2. The average molecular weight is 492 g/mol. The minimum atomic E-state index is -0.649. The lowest BCUT2D eigenvalue weighted by atomic mass is 9.75. The summed E-state index contributed by atoms with van der Waals surface area (Å²) in [6, 6.07) is 13.1. The summed E-state index contributed by atoms with van der Waals surface area (Å²) in [5, 5.41) is 2.73. The number of hydrogen-bond acceptors (Lipinski definition) is 4. The van der Waals surface area contributed by atoms with Crippen LogP contribution in [0.2, 0.25) is 0 Å². The molecule has 2 aliphatic rings. The van der Waals surface area contributed by atoms with Gasteiger partial charge in [-0.1, -0.05) is 32.9 Å². The molecular weight excluding hydrogens is 457 g/mol. The highest BCUT2D eigenvalue weighted by Gasteiger charge is 2.52. The van der Waals surface area contributed by atoms with E-state index in [0.717, 1.165) is 31.1 Å². The summed E-state index contributed by atoms with van der Waals surface area (Å²) in [6.45, 7) is 6.78. The van der Waals surface area contributed by atoms with Gasteiger partial charge in [-0.15, -0.1) is 0 Å². The van der Waals surface area contributed by atoms with Crippen molar-refractivity contribution < 1.29 is 18.8 Å². The molecule has 1 fully saturated rings. The van der Waals surface area contributed by atoms with E-state index in [1.807, 2.05) is 17.0 Å². The Morgan fingerprint density at radius 1 is 1.14 bits per heavy atom. The summed E-state index contributed by atoms with van der Waals surface area (Å²) < 4.78 is 13.6. The Balaban J connectivity index is 1.68. The minimum absolute atomic E-state index is 0.134. The summed E-state index contributed by atoms with van der Waals surface area (Å²) >= 11 is 0. The molecule has 2 aromatic carbocycles. The maximum Gasteiger partial charge on any atom is 0.275 e. The van der Waals surface area contributed by atoms with Gasteiger partial charge in [0.1, 0.15) is 23.5 Å². The lowest BCUT2D eigenvalue weighted by Crippen LogP contribution is -2.52. The number of aliphatic imine (C=N–C) groups is 1. The molecule has 2 amide bonds. The van der Waals surface area contributed by atoms with Gasteiger partial charge in [-0.25, -0.2) is 4.39 Å². The number of rotatable bonds is 8. The lowest BCUT2D eigenvalue weighted by Gasteiger charge is -2.47. The number of nitrogens with one attached hydrogen (secondary N) is 1. The zero-order valence-electron chi connectivity index (χ0n) is 21.2. The minimum Gasteiger partial charge on any atom is -0.352 e. The highest BCUT2D eigenvalue weighted by molar-refractivity contribution is 6.46. The Hall–Kier alpha value is -3.35. The van der Waals surface area contributed by atoms with E-state index in [4.69, 9.17) is 4.99 Å². The van der Waals surface area contributed by atoms with E-state index in [0.29, 0.717) is 41.6 Å². The van der Waals surface area contributed by atoms with Crippen LogP contribution in [0.5, 0.6) is 0 Å². The van der Waals surface area contributed by atoms with E-state index in [2.05, 4.69) is 26.1 Å². The Labute approximate surface area is 212 Å².